The first-order valence-corrected chi connectivity index (χ1v) is 7.06. The Hall–Kier alpha value is -1.26. The van der Waals surface area contributed by atoms with Crippen molar-refractivity contribution in [1.82, 2.24) is 15.1 Å². The van der Waals surface area contributed by atoms with E-state index in [9.17, 15) is 4.79 Å². The molecule has 1 N–H and O–H groups in total. The molecule has 0 radical (unpaired) electrons. The molecule has 0 saturated carbocycles. The van der Waals surface area contributed by atoms with E-state index in [1.54, 1.807) is 0 Å². The summed E-state index contributed by atoms with van der Waals surface area (Å²) in [6.45, 7) is 7.29. The minimum atomic E-state index is 0.0192. The van der Waals surface area contributed by atoms with Crippen molar-refractivity contribution in [3.8, 4) is 0 Å². The highest BCUT2D eigenvalue weighted by Crippen LogP contribution is 2.09. The molecular weight excluding hydrogens is 262 g/mol. The minimum absolute atomic E-state index is 0.0192. The minimum Gasteiger partial charge on any atom is -0.334 e. The van der Waals surface area contributed by atoms with Crippen LogP contribution in [0.4, 0.5) is 4.79 Å². The number of piperazine rings is 1. The van der Waals surface area contributed by atoms with E-state index < -0.39 is 0 Å². The molecule has 1 aliphatic rings. The monoisotopic (exact) mass is 281 g/mol. The molecule has 0 bridgehead atoms. The van der Waals surface area contributed by atoms with Gasteiger partial charge in [-0.1, -0.05) is 30.7 Å². The molecule has 2 rings (SSSR count). The summed E-state index contributed by atoms with van der Waals surface area (Å²) in [4.78, 5) is 16.2. The molecule has 1 heterocycles. The number of carbonyl (C=O) groups excluding carboxylic acids is 1. The number of urea groups is 1. The SMILES string of the molecule is CCN1CCN(C(=O)NCc2ccc(Cl)cc2)CC1. The highest BCUT2D eigenvalue weighted by Gasteiger charge is 2.19. The molecule has 2 amide bonds. The normalized spacial score (nSPS) is 16.4. The first-order chi connectivity index (χ1) is 9.19. The van der Waals surface area contributed by atoms with Crippen molar-refractivity contribution >= 4 is 17.6 Å². The summed E-state index contributed by atoms with van der Waals surface area (Å²) in [5.41, 5.74) is 1.06. The molecule has 0 atom stereocenters. The van der Waals surface area contributed by atoms with Crippen LogP contribution in [0.15, 0.2) is 24.3 Å². The van der Waals surface area contributed by atoms with E-state index >= 15 is 0 Å². The van der Waals surface area contributed by atoms with E-state index in [1.165, 1.54) is 0 Å². The molecule has 0 spiro atoms. The van der Waals surface area contributed by atoms with Gasteiger partial charge in [0.05, 0.1) is 0 Å². The van der Waals surface area contributed by atoms with E-state index in [4.69, 9.17) is 11.6 Å². The molecule has 1 saturated heterocycles. The zero-order valence-electron chi connectivity index (χ0n) is 11.2. The molecule has 0 aliphatic carbocycles. The van der Waals surface area contributed by atoms with Gasteiger partial charge in [-0.15, -0.1) is 0 Å². The van der Waals surface area contributed by atoms with Gasteiger partial charge in [-0.2, -0.15) is 0 Å². The molecule has 104 valence electrons. The Balaban J connectivity index is 1.77. The summed E-state index contributed by atoms with van der Waals surface area (Å²) in [6, 6.07) is 7.55. The van der Waals surface area contributed by atoms with Crippen LogP contribution in [-0.4, -0.2) is 48.6 Å². The predicted octanol–water partition coefficient (Wildman–Crippen LogP) is 2.19. The fraction of sp³-hybridized carbons (Fsp3) is 0.500. The number of nitrogens with one attached hydrogen (secondary N) is 1. The van der Waals surface area contributed by atoms with E-state index in [1.807, 2.05) is 29.2 Å². The van der Waals surface area contributed by atoms with E-state index in [0.29, 0.717) is 11.6 Å². The largest absolute Gasteiger partial charge is 0.334 e. The van der Waals surface area contributed by atoms with E-state index in [-0.39, 0.29) is 6.03 Å². The van der Waals surface area contributed by atoms with Crippen molar-refractivity contribution in [3.63, 3.8) is 0 Å². The van der Waals surface area contributed by atoms with Crippen LogP contribution in [-0.2, 0) is 6.54 Å². The smallest absolute Gasteiger partial charge is 0.317 e. The van der Waals surface area contributed by atoms with Crippen molar-refractivity contribution in [2.45, 2.75) is 13.5 Å². The van der Waals surface area contributed by atoms with Gasteiger partial charge < -0.3 is 15.1 Å². The number of carbonyl (C=O) groups is 1. The van der Waals surface area contributed by atoms with Gasteiger partial charge in [0.15, 0.2) is 0 Å². The number of hydrogen-bond acceptors (Lipinski definition) is 2. The highest BCUT2D eigenvalue weighted by atomic mass is 35.5. The van der Waals surface area contributed by atoms with Crippen LogP contribution in [0.2, 0.25) is 5.02 Å². The lowest BCUT2D eigenvalue weighted by molar-refractivity contribution is 0.142. The van der Waals surface area contributed by atoms with Crippen LogP contribution >= 0.6 is 11.6 Å². The number of benzene rings is 1. The number of likely N-dealkylation sites (N-methyl/N-ethyl adjacent to an activating group) is 1. The molecule has 5 heteroatoms. The molecule has 1 fully saturated rings. The van der Waals surface area contributed by atoms with Crippen LogP contribution in [0.5, 0.6) is 0 Å². The number of rotatable bonds is 3. The number of amides is 2. The van der Waals surface area contributed by atoms with Crippen molar-refractivity contribution in [2.75, 3.05) is 32.7 Å². The summed E-state index contributed by atoms with van der Waals surface area (Å²) in [7, 11) is 0. The number of nitrogens with zero attached hydrogens (tertiary/aromatic N) is 2. The summed E-state index contributed by atoms with van der Waals surface area (Å²) in [6.07, 6.45) is 0. The van der Waals surface area contributed by atoms with Crippen LogP contribution in [0.25, 0.3) is 0 Å². The quantitative estimate of drug-likeness (QED) is 0.922. The van der Waals surface area contributed by atoms with Crippen LogP contribution in [0, 0.1) is 0 Å². The average molecular weight is 282 g/mol. The molecule has 19 heavy (non-hydrogen) atoms. The summed E-state index contributed by atoms with van der Waals surface area (Å²) in [5.74, 6) is 0. The van der Waals surface area contributed by atoms with Crippen LogP contribution in [0.3, 0.4) is 0 Å². The first-order valence-electron chi connectivity index (χ1n) is 6.68. The van der Waals surface area contributed by atoms with Gasteiger partial charge in [0, 0.05) is 37.7 Å². The van der Waals surface area contributed by atoms with Gasteiger partial charge in [-0.25, -0.2) is 4.79 Å². The van der Waals surface area contributed by atoms with Crippen molar-refractivity contribution in [1.29, 1.82) is 0 Å². The van der Waals surface area contributed by atoms with Gasteiger partial charge in [-0.05, 0) is 24.2 Å². The Kier molecular flexibility index (Phi) is 5.05. The zero-order chi connectivity index (χ0) is 13.7. The highest BCUT2D eigenvalue weighted by molar-refractivity contribution is 6.30. The Labute approximate surface area is 119 Å². The lowest BCUT2D eigenvalue weighted by Gasteiger charge is -2.34. The molecule has 1 aliphatic heterocycles. The van der Waals surface area contributed by atoms with Gasteiger partial charge in [-0.3, -0.25) is 0 Å². The van der Waals surface area contributed by atoms with Crippen molar-refractivity contribution < 1.29 is 4.79 Å². The molecule has 1 aromatic rings. The maximum absolute atomic E-state index is 12.0. The molecule has 0 aromatic heterocycles. The maximum atomic E-state index is 12.0. The second-order valence-corrected chi connectivity index (χ2v) is 5.14. The third-order valence-electron chi connectivity index (χ3n) is 3.46. The third kappa shape index (κ3) is 4.11. The van der Waals surface area contributed by atoms with E-state index in [0.717, 1.165) is 38.3 Å². The fourth-order valence-electron chi connectivity index (χ4n) is 2.16. The van der Waals surface area contributed by atoms with Gasteiger partial charge in [0.1, 0.15) is 0 Å². The predicted molar refractivity (Wildman–Crippen MR) is 77.4 cm³/mol. The first kappa shape index (κ1) is 14.2. The molecule has 1 aromatic carbocycles. The Morgan fingerprint density at radius 2 is 1.84 bits per heavy atom. The van der Waals surface area contributed by atoms with Crippen molar-refractivity contribution in [3.05, 3.63) is 34.9 Å². The Bertz CT molecular complexity index is 413. The standard InChI is InChI=1S/C14H20ClN3O/c1-2-17-7-9-18(10-8-17)14(19)16-11-12-3-5-13(15)6-4-12/h3-6H,2,7-11H2,1H3,(H,16,19). The zero-order valence-corrected chi connectivity index (χ0v) is 12.0. The fourth-order valence-corrected chi connectivity index (χ4v) is 2.28. The number of hydrogen-bond donors (Lipinski definition) is 1. The van der Waals surface area contributed by atoms with E-state index in [2.05, 4.69) is 17.1 Å². The topological polar surface area (TPSA) is 35.6 Å². The average Bonchev–Trinajstić information content (AvgIpc) is 2.46. The Morgan fingerprint density at radius 1 is 1.21 bits per heavy atom. The van der Waals surface area contributed by atoms with Crippen molar-refractivity contribution in [2.24, 2.45) is 0 Å². The number of halogens is 1. The summed E-state index contributed by atoms with van der Waals surface area (Å²) < 4.78 is 0. The lowest BCUT2D eigenvalue weighted by Crippen LogP contribution is -2.51. The van der Waals surface area contributed by atoms with Gasteiger partial charge in [0.25, 0.3) is 0 Å². The van der Waals surface area contributed by atoms with Crippen LogP contribution < -0.4 is 5.32 Å². The molecule has 4 nitrogen and oxygen atoms in total. The second kappa shape index (κ2) is 6.78. The maximum Gasteiger partial charge on any atom is 0.317 e. The second-order valence-electron chi connectivity index (χ2n) is 4.71. The lowest BCUT2D eigenvalue weighted by atomic mass is 10.2. The summed E-state index contributed by atoms with van der Waals surface area (Å²) in [5, 5.41) is 3.66. The van der Waals surface area contributed by atoms with Gasteiger partial charge >= 0.3 is 6.03 Å². The molecular formula is C14H20ClN3O. The summed E-state index contributed by atoms with van der Waals surface area (Å²) >= 11 is 5.82. The van der Waals surface area contributed by atoms with Gasteiger partial charge in [0.2, 0.25) is 0 Å². The third-order valence-corrected chi connectivity index (χ3v) is 3.72. The Morgan fingerprint density at radius 3 is 2.42 bits per heavy atom. The van der Waals surface area contributed by atoms with Crippen LogP contribution in [0.1, 0.15) is 12.5 Å². The molecule has 0 unspecified atom stereocenters.